The molecule has 1 saturated carbocycles. The van der Waals surface area contributed by atoms with E-state index < -0.39 is 6.04 Å². The molecule has 0 bridgehead atoms. The molecule has 0 heterocycles. The van der Waals surface area contributed by atoms with Crippen LogP contribution in [0.3, 0.4) is 0 Å². The van der Waals surface area contributed by atoms with E-state index in [-0.39, 0.29) is 49.2 Å². The fraction of sp³-hybridized carbons (Fsp3) is 0.492. The summed E-state index contributed by atoms with van der Waals surface area (Å²) in [6.07, 6.45) is 13.1. The van der Waals surface area contributed by atoms with Crippen molar-refractivity contribution in [2.45, 2.75) is 173 Å². The van der Waals surface area contributed by atoms with Gasteiger partial charge in [0.2, 0.25) is 31.0 Å². The smallest absolute Gasteiger partial charge is 0.290 e. The number of carbonyl (C=O) groups excluding carboxylic acids is 6. The Morgan fingerprint density at radius 2 is 1.14 bits per heavy atom. The second-order valence-electron chi connectivity index (χ2n) is 17.7. The first-order chi connectivity index (χ1) is 36.3. The molecule has 1 aliphatic carbocycles. The van der Waals surface area contributed by atoms with Gasteiger partial charge in [0, 0.05) is 18.1 Å². The van der Waals surface area contributed by atoms with Gasteiger partial charge in [-0.3, -0.25) is 33.6 Å². The standard InChI is InChI=1S/C27H36N4O4.C13H11Cl.C4H7NO2.C4H11N.C4H8.2C3H8.C2H6.CH2O2/c1-17-7-9-22(11-19(3)30-27(35)20(4)29-16-33)12-24(17)25-13-23(10-8-18(25)2)21(5)31(6)26(34)14-28-15-32;1-10-2-4-11(5-3-10)12-6-8-13(14)9-7-12;1-4(7)2-5-3-6;1-2-3-4-5;1-2-4-3-1;2*1-3-2;1-2;2-1-3/h7-10,12-13,15-16,19-21H,11,14H2,1-6H3,(H,28,32)(H,29,33)(H,30,35);2-9H,1H3;3H,2H2,1H3,(H,5,6);2-5H2,1H3;1-4H2;2*3H2,1-2H3;1-2H3;1H,(H,2,3)/t19?,20-,21?;;;;;;;;/m0......../s1. The number of benzene rings is 4. The number of carboxylic acid groups (broad SMARTS) is 1. The molecule has 76 heavy (non-hydrogen) atoms. The van der Waals surface area contributed by atoms with Crippen molar-refractivity contribution in [1.29, 1.82) is 0 Å². The molecule has 1 aliphatic rings. The van der Waals surface area contributed by atoms with E-state index in [2.05, 4.69) is 131 Å². The number of amides is 5. The van der Waals surface area contributed by atoms with Gasteiger partial charge in [-0.2, -0.15) is 0 Å². The maximum absolute atomic E-state index is 12.3. The lowest BCUT2D eigenvalue weighted by Gasteiger charge is -2.26. The molecule has 14 nitrogen and oxygen atoms in total. The summed E-state index contributed by atoms with van der Waals surface area (Å²) >= 11 is 5.82. The van der Waals surface area contributed by atoms with Gasteiger partial charge in [0.15, 0.2) is 0 Å². The summed E-state index contributed by atoms with van der Waals surface area (Å²) in [6.45, 7) is 28.5. The lowest BCUT2D eigenvalue weighted by molar-refractivity contribution is -0.132. The number of hydrogen-bond acceptors (Lipinski definition) is 8. The van der Waals surface area contributed by atoms with Crippen LogP contribution in [0.2, 0.25) is 5.02 Å². The number of Topliss-reactive ketones (excluding diaryl/α,β-unsaturated/α-hetero) is 1. The first-order valence-corrected chi connectivity index (χ1v) is 27.1. The molecule has 0 radical (unpaired) electrons. The molecule has 0 aliphatic heterocycles. The highest BCUT2D eigenvalue weighted by Gasteiger charge is 2.19. The summed E-state index contributed by atoms with van der Waals surface area (Å²) in [5, 5.41) is 17.7. The van der Waals surface area contributed by atoms with Crippen LogP contribution in [0.25, 0.3) is 22.3 Å². The normalized spacial score (nSPS) is 11.2. The average molecular weight is 1080 g/mol. The zero-order valence-corrected chi connectivity index (χ0v) is 49.6. The molecule has 3 atom stereocenters. The molecule has 0 aromatic heterocycles. The summed E-state index contributed by atoms with van der Waals surface area (Å²) in [4.78, 5) is 75.1. The maximum Gasteiger partial charge on any atom is 0.290 e. The molecule has 4 aromatic rings. The second kappa shape index (κ2) is 50.8. The molecule has 426 valence electrons. The van der Waals surface area contributed by atoms with Crippen molar-refractivity contribution < 1.29 is 38.7 Å². The van der Waals surface area contributed by atoms with Gasteiger partial charge < -0.3 is 37.0 Å². The molecule has 1 fully saturated rings. The van der Waals surface area contributed by atoms with Crippen LogP contribution in [-0.2, 0) is 40.0 Å². The van der Waals surface area contributed by atoms with Gasteiger partial charge in [-0.1, -0.05) is 177 Å². The molecule has 4 aromatic carbocycles. The largest absolute Gasteiger partial charge is 0.483 e. The predicted molar refractivity (Wildman–Crippen MR) is 317 cm³/mol. The topological polar surface area (TPSA) is 217 Å². The van der Waals surface area contributed by atoms with Crippen LogP contribution in [0, 0.1) is 20.8 Å². The monoisotopic (exact) mass is 1080 g/mol. The number of unbranched alkanes of at least 4 members (excludes halogenated alkanes) is 1. The van der Waals surface area contributed by atoms with Crippen molar-refractivity contribution in [2.24, 2.45) is 5.73 Å². The number of nitrogens with two attached hydrogens (primary N) is 1. The number of nitrogens with one attached hydrogen (secondary N) is 4. The van der Waals surface area contributed by atoms with Crippen molar-refractivity contribution in [2.75, 3.05) is 26.7 Å². The van der Waals surface area contributed by atoms with E-state index in [0.29, 0.717) is 25.7 Å². The van der Waals surface area contributed by atoms with E-state index in [1.54, 1.807) is 18.9 Å². The fourth-order valence-corrected chi connectivity index (χ4v) is 6.07. The van der Waals surface area contributed by atoms with Gasteiger partial charge in [-0.15, -0.1) is 0 Å². The third-order valence-electron chi connectivity index (χ3n) is 10.5. The van der Waals surface area contributed by atoms with Crippen molar-refractivity contribution >= 4 is 54.9 Å². The minimum absolute atomic E-state index is 0.0351. The molecular formula is C61H97ClN6O8. The number of likely N-dealkylation sites (N-methyl/N-ethyl adjacent to an activating group) is 1. The van der Waals surface area contributed by atoms with Gasteiger partial charge in [0.25, 0.3) is 6.47 Å². The number of halogens is 1. The average Bonchev–Trinajstić information content (AvgIpc) is 3.37. The van der Waals surface area contributed by atoms with Crippen LogP contribution in [0.15, 0.2) is 84.9 Å². The Morgan fingerprint density at radius 3 is 1.54 bits per heavy atom. The molecule has 5 rings (SSSR count). The first-order valence-electron chi connectivity index (χ1n) is 26.7. The summed E-state index contributed by atoms with van der Waals surface area (Å²) in [5.74, 6) is -0.429. The summed E-state index contributed by atoms with van der Waals surface area (Å²) in [7, 11) is 1.73. The van der Waals surface area contributed by atoms with Crippen LogP contribution < -0.4 is 27.0 Å². The maximum atomic E-state index is 12.3. The second-order valence-corrected chi connectivity index (χ2v) is 18.1. The predicted octanol–water partition coefficient (Wildman–Crippen LogP) is 11.9. The van der Waals surface area contributed by atoms with Gasteiger partial charge >= 0.3 is 0 Å². The van der Waals surface area contributed by atoms with E-state index >= 15 is 0 Å². The molecule has 0 spiro atoms. The number of ketones is 1. The Morgan fingerprint density at radius 1 is 0.697 bits per heavy atom. The Kier molecular flexibility index (Phi) is 50.8. The zero-order chi connectivity index (χ0) is 58.9. The third kappa shape index (κ3) is 38.2. The summed E-state index contributed by atoms with van der Waals surface area (Å²) in [6, 6.07) is 28.0. The first kappa shape index (κ1) is 76.1. The number of hydrogen-bond donors (Lipinski definition) is 6. The summed E-state index contributed by atoms with van der Waals surface area (Å²) in [5.41, 5.74) is 15.4. The van der Waals surface area contributed by atoms with Crippen LogP contribution >= 0.6 is 11.6 Å². The fourth-order valence-electron chi connectivity index (χ4n) is 5.95. The molecular weight excluding hydrogens is 980 g/mol. The highest BCUT2D eigenvalue weighted by molar-refractivity contribution is 6.30. The van der Waals surface area contributed by atoms with E-state index in [1.165, 1.54) is 75.0 Å². The Bertz CT molecular complexity index is 2080. The van der Waals surface area contributed by atoms with Crippen LogP contribution in [0.4, 0.5) is 0 Å². The lowest BCUT2D eigenvalue weighted by Crippen LogP contribution is -2.45. The van der Waals surface area contributed by atoms with Gasteiger partial charge in [-0.25, -0.2) is 0 Å². The van der Waals surface area contributed by atoms with E-state index in [0.717, 1.165) is 44.9 Å². The van der Waals surface area contributed by atoms with Gasteiger partial charge in [0.05, 0.1) is 19.1 Å². The number of aryl methyl sites for hydroxylation is 3. The molecule has 2 unspecified atom stereocenters. The van der Waals surface area contributed by atoms with E-state index in [4.69, 9.17) is 27.2 Å². The number of rotatable bonds is 18. The zero-order valence-electron chi connectivity index (χ0n) is 48.8. The number of nitrogens with zero attached hydrogens (tertiary/aromatic N) is 1. The Balaban J connectivity index is -0.000000509. The Labute approximate surface area is 463 Å². The third-order valence-corrected chi connectivity index (χ3v) is 10.8. The van der Waals surface area contributed by atoms with Crippen molar-refractivity contribution in [3.05, 3.63) is 118 Å². The van der Waals surface area contributed by atoms with Crippen LogP contribution in [-0.4, -0.2) is 92.1 Å². The van der Waals surface area contributed by atoms with Gasteiger partial charge in [0.1, 0.15) is 11.8 Å². The molecule has 0 saturated heterocycles. The lowest BCUT2D eigenvalue weighted by atomic mass is 9.91. The SMILES string of the molecule is C1CCC1.CC.CC(=O)CNC=O.CCC.CCC.CCCCN.Cc1ccc(-c2ccc(Cl)cc2)cc1.Cc1ccc(CC(C)NC(=O)[C@H](C)NC=O)cc1-c1cc(C(C)N(C)C(=O)CNC=O)ccc1C.O=CO. The molecule has 15 heteroatoms. The van der Waals surface area contributed by atoms with E-state index in [1.807, 2.05) is 58.0 Å². The van der Waals surface area contributed by atoms with E-state index in [9.17, 15) is 28.8 Å². The highest BCUT2D eigenvalue weighted by atomic mass is 35.5. The van der Waals surface area contributed by atoms with Crippen molar-refractivity contribution in [3.8, 4) is 22.3 Å². The van der Waals surface area contributed by atoms with Crippen molar-refractivity contribution in [3.63, 3.8) is 0 Å². The minimum atomic E-state index is -0.588. The highest BCUT2D eigenvalue weighted by Crippen LogP contribution is 2.32. The van der Waals surface area contributed by atoms with Crippen molar-refractivity contribution in [1.82, 2.24) is 26.2 Å². The summed E-state index contributed by atoms with van der Waals surface area (Å²) < 4.78 is 0. The quantitative estimate of drug-likeness (QED) is 0.0522. The Hall–Kier alpha value is -6.38. The number of carbonyl (C=O) groups is 7. The minimum Gasteiger partial charge on any atom is -0.483 e. The molecule has 7 N–H and O–H groups in total. The van der Waals surface area contributed by atoms with Gasteiger partial charge in [-0.05, 0) is 131 Å². The van der Waals surface area contributed by atoms with Crippen LogP contribution in [0.5, 0.6) is 0 Å². The molecule has 5 amide bonds. The van der Waals surface area contributed by atoms with Crippen LogP contribution in [0.1, 0.15) is 161 Å².